The summed E-state index contributed by atoms with van der Waals surface area (Å²) in [5.41, 5.74) is 0.760. The first-order chi connectivity index (χ1) is 9.58. The maximum Gasteiger partial charge on any atom is 0.226 e. The molecule has 0 aromatic heterocycles. The lowest BCUT2D eigenvalue weighted by molar-refractivity contribution is -0.138. The minimum atomic E-state index is -0.420. The first-order valence-electron chi connectivity index (χ1n) is 7.03. The van der Waals surface area contributed by atoms with Gasteiger partial charge in [-0.3, -0.25) is 4.79 Å². The van der Waals surface area contributed by atoms with Crippen LogP contribution in [0.2, 0.25) is 0 Å². The van der Waals surface area contributed by atoms with Crippen LogP contribution in [-0.2, 0) is 17.8 Å². The summed E-state index contributed by atoms with van der Waals surface area (Å²) in [6, 6.07) is 2.30. The van der Waals surface area contributed by atoms with Gasteiger partial charge in [-0.05, 0) is 43.1 Å². The van der Waals surface area contributed by atoms with E-state index in [9.17, 15) is 13.6 Å². The molecule has 3 rings (SSSR count). The maximum atomic E-state index is 13.8. The summed E-state index contributed by atoms with van der Waals surface area (Å²) >= 11 is 0. The molecular formula is C15H18F2N2O. The van der Waals surface area contributed by atoms with Crippen LogP contribution in [0.25, 0.3) is 0 Å². The molecule has 1 atom stereocenters. The van der Waals surface area contributed by atoms with Crippen LogP contribution < -0.4 is 5.32 Å². The van der Waals surface area contributed by atoms with Gasteiger partial charge >= 0.3 is 0 Å². The number of amides is 1. The fourth-order valence-electron chi connectivity index (χ4n) is 2.94. The van der Waals surface area contributed by atoms with Crippen molar-refractivity contribution >= 4 is 5.91 Å². The molecular weight excluding hydrogens is 262 g/mol. The number of hydrogen-bond donors (Lipinski definition) is 1. The lowest BCUT2D eigenvalue weighted by Gasteiger charge is -2.37. The Kier molecular flexibility index (Phi) is 3.46. The van der Waals surface area contributed by atoms with E-state index < -0.39 is 5.82 Å². The van der Waals surface area contributed by atoms with E-state index in [1.165, 1.54) is 0 Å². The predicted molar refractivity (Wildman–Crippen MR) is 71.0 cm³/mol. The van der Waals surface area contributed by atoms with Gasteiger partial charge in [-0.1, -0.05) is 6.92 Å². The standard InChI is InChI=1S/C15H18F2N2O/c1-9(10-6-18-7-10)15(20)19-5-4-11-12(8-19)14(17)3-2-13(11)16/h2-3,9-10,18H,4-8H2,1H3. The smallest absolute Gasteiger partial charge is 0.226 e. The van der Waals surface area contributed by atoms with Crippen LogP contribution in [-0.4, -0.2) is 30.4 Å². The van der Waals surface area contributed by atoms with Crippen molar-refractivity contribution in [1.29, 1.82) is 0 Å². The molecule has 1 amide bonds. The number of fused-ring (bicyclic) bond motifs is 1. The minimum absolute atomic E-state index is 0.0470. The monoisotopic (exact) mass is 280 g/mol. The number of carbonyl (C=O) groups is 1. The van der Waals surface area contributed by atoms with Crippen LogP contribution in [0.3, 0.4) is 0 Å². The van der Waals surface area contributed by atoms with Crippen LogP contribution in [0, 0.1) is 23.5 Å². The van der Waals surface area contributed by atoms with Gasteiger partial charge in [0.15, 0.2) is 0 Å². The zero-order valence-corrected chi connectivity index (χ0v) is 11.5. The SMILES string of the molecule is CC(C(=O)N1CCc2c(F)ccc(F)c2C1)C1CNC1. The molecule has 2 heterocycles. The zero-order valence-electron chi connectivity index (χ0n) is 11.5. The fraction of sp³-hybridized carbons (Fsp3) is 0.533. The van der Waals surface area contributed by atoms with Gasteiger partial charge in [0.25, 0.3) is 0 Å². The molecule has 3 nitrogen and oxygen atoms in total. The molecule has 2 aliphatic heterocycles. The van der Waals surface area contributed by atoms with Crippen LogP contribution in [0.4, 0.5) is 8.78 Å². The Hall–Kier alpha value is -1.49. The molecule has 5 heteroatoms. The summed E-state index contributed by atoms with van der Waals surface area (Å²) in [6.07, 6.45) is 0.389. The highest BCUT2D eigenvalue weighted by Crippen LogP contribution is 2.27. The van der Waals surface area contributed by atoms with Crippen molar-refractivity contribution in [2.24, 2.45) is 11.8 Å². The van der Waals surface area contributed by atoms with Gasteiger partial charge in [-0.2, -0.15) is 0 Å². The highest BCUT2D eigenvalue weighted by atomic mass is 19.1. The van der Waals surface area contributed by atoms with Gasteiger partial charge in [0.2, 0.25) is 5.91 Å². The Balaban J connectivity index is 1.78. The third kappa shape index (κ3) is 2.20. The van der Waals surface area contributed by atoms with Crippen molar-refractivity contribution in [3.8, 4) is 0 Å². The number of carbonyl (C=O) groups excluding carboxylic acids is 1. The summed E-state index contributed by atoms with van der Waals surface area (Å²) < 4.78 is 27.5. The summed E-state index contributed by atoms with van der Waals surface area (Å²) in [7, 11) is 0. The molecule has 20 heavy (non-hydrogen) atoms. The highest BCUT2D eigenvalue weighted by molar-refractivity contribution is 5.79. The van der Waals surface area contributed by atoms with E-state index in [0.717, 1.165) is 25.2 Å². The number of hydrogen-bond acceptors (Lipinski definition) is 2. The number of nitrogens with one attached hydrogen (secondary N) is 1. The fourth-order valence-corrected chi connectivity index (χ4v) is 2.94. The quantitative estimate of drug-likeness (QED) is 0.894. The Morgan fingerprint density at radius 3 is 2.55 bits per heavy atom. The van der Waals surface area contributed by atoms with Crippen LogP contribution in [0.15, 0.2) is 12.1 Å². The summed E-state index contributed by atoms with van der Waals surface area (Å²) in [4.78, 5) is 14.1. The molecule has 0 saturated carbocycles. The van der Waals surface area contributed by atoms with E-state index in [1.54, 1.807) is 4.90 Å². The van der Waals surface area contributed by atoms with Gasteiger partial charge < -0.3 is 10.2 Å². The summed E-state index contributed by atoms with van der Waals surface area (Å²) in [5.74, 6) is -0.442. The molecule has 1 N–H and O–H groups in total. The van der Waals surface area contributed by atoms with E-state index in [0.29, 0.717) is 30.0 Å². The molecule has 1 fully saturated rings. The first-order valence-corrected chi connectivity index (χ1v) is 7.03. The van der Waals surface area contributed by atoms with Gasteiger partial charge in [-0.15, -0.1) is 0 Å². The number of benzene rings is 1. The van der Waals surface area contributed by atoms with Gasteiger partial charge in [-0.25, -0.2) is 8.78 Å². The number of halogens is 2. The lowest BCUT2D eigenvalue weighted by Crippen LogP contribution is -2.51. The second kappa shape index (κ2) is 5.13. The molecule has 2 aliphatic rings. The zero-order chi connectivity index (χ0) is 14.3. The predicted octanol–water partition coefficient (Wildman–Crippen LogP) is 1.70. The first kappa shape index (κ1) is 13.5. The Labute approximate surface area is 117 Å². The van der Waals surface area contributed by atoms with Gasteiger partial charge in [0.1, 0.15) is 11.6 Å². The van der Waals surface area contributed by atoms with Gasteiger partial charge in [0.05, 0.1) is 0 Å². The lowest BCUT2D eigenvalue weighted by atomic mass is 9.87. The molecule has 1 aromatic carbocycles. The van der Waals surface area contributed by atoms with E-state index in [2.05, 4.69) is 5.32 Å². The molecule has 0 aliphatic carbocycles. The molecule has 0 bridgehead atoms. The Morgan fingerprint density at radius 2 is 1.95 bits per heavy atom. The van der Waals surface area contributed by atoms with Crippen LogP contribution >= 0.6 is 0 Å². The van der Waals surface area contributed by atoms with Crippen LogP contribution in [0.1, 0.15) is 18.1 Å². The Morgan fingerprint density at radius 1 is 1.30 bits per heavy atom. The largest absolute Gasteiger partial charge is 0.338 e. The van der Waals surface area contributed by atoms with Crippen molar-refractivity contribution < 1.29 is 13.6 Å². The number of rotatable bonds is 2. The van der Waals surface area contributed by atoms with Crippen molar-refractivity contribution in [3.63, 3.8) is 0 Å². The van der Waals surface area contributed by atoms with Crippen molar-refractivity contribution in [3.05, 3.63) is 34.9 Å². The van der Waals surface area contributed by atoms with Crippen molar-refractivity contribution in [2.75, 3.05) is 19.6 Å². The third-order valence-electron chi connectivity index (χ3n) is 4.52. The molecule has 1 saturated heterocycles. The van der Waals surface area contributed by atoms with E-state index in [-0.39, 0.29) is 24.2 Å². The summed E-state index contributed by atoms with van der Waals surface area (Å²) in [5, 5.41) is 3.15. The third-order valence-corrected chi connectivity index (χ3v) is 4.52. The van der Waals surface area contributed by atoms with E-state index in [4.69, 9.17) is 0 Å². The normalized spacial score (nSPS) is 20.2. The summed E-state index contributed by atoms with van der Waals surface area (Å²) in [6.45, 7) is 4.30. The molecule has 0 spiro atoms. The molecule has 1 aromatic rings. The second-order valence-electron chi connectivity index (χ2n) is 5.70. The topological polar surface area (TPSA) is 32.3 Å². The molecule has 108 valence electrons. The van der Waals surface area contributed by atoms with Crippen molar-refractivity contribution in [2.45, 2.75) is 19.9 Å². The van der Waals surface area contributed by atoms with Crippen molar-refractivity contribution in [1.82, 2.24) is 10.2 Å². The highest BCUT2D eigenvalue weighted by Gasteiger charge is 2.33. The Bertz CT molecular complexity index is 543. The second-order valence-corrected chi connectivity index (χ2v) is 5.70. The van der Waals surface area contributed by atoms with Crippen LogP contribution in [0.5, 0.6) is 0 Å². The maximum absolute atomic E-state index is 13.8. The average Bonchev–Trinajstić information content (AvgIpc) is 2.40. The van der Waals surface area contributed by atoms with E-state index >= 15 is 0 Å². The van der Waals surface area contributed by atoms with E-state index in [1.807, 2.05) is 6.92 Å². The molecule has 0 radical (unpaired) electrons. The number of nitrogens with zero attached hydrogens (tertiary/aromatic N) is 1. The minimum Gasteiger partial charge on any atom is -0.338 e. The molecule has 1 unspecified atom stereocenters. The van der Waals surface area contributed by atoms with Gasteiger partial charge in [0, 0.05) is 24.6 Å². The average molecular weight is 280 g/mol.